The summed E-state index contributed by atoms with van der Waals surface area (Å²) in [5.41, 5.74) is 0.754. The number of carbonyl (C=O) groups is 1. The smallest absolute Gasteiger partial charge is 0.179 e. The fourth-order valence-corrected chi connectivity index (χ4v) is 3.28. The molecule has 0 atom stereocenters. The van der Waals surface area contributed by atoms with Crippen LogP contribution in [-0.4, -0.2) is 15.4 Å². The Morgan fingerprint density at radius 1 is 1.57 bits per heavy atom. The lowest BCUT2D eigenvalue weighted by atomic mass is 10.2. The van der Waals surface area contributed by atoms with E-state index in [1.165, 1.54) is 22.9 Å². The van der Waals surface area contributed by atoms with Crippen LogP contribution in [0.2, 0.25) is 0 Å². The van der Waals surface area contributed by atoms with Crippen LogP contribution in [0.3, 0.4) is 0 Å². The zero-order chi connectivity index (χ0) is 9.97. The highest BCUT2D eigenvalue weighted by molar-refractivity contribution is 14.1. The van der Waals surface area contributed by atoms with Crippen molar-refractivity contribution in [2.75, 3.05) is 0 Å². The average molecular weight is 336 g/mol. The highest BCUT2D eigenvalue weighted by atomic mass is 127. The van der Waals surface area contributed by atoms with E-state index in [-0.39, 0.29) is 5.78 Å². The lowest BCUT2D eigenvalue weighted by Crippen LogP contribution is -2.03. The van der Waals surface area contributed by atoms with Gasteiger partial charge in [0.25, 0.3) is 0 Å². The minimum absolute atomic E-state index is 0.122. The molecule has 0 radical (unpaired) electrons. The third-order valence-corrected chi connectivity index (χ3v) is 4.39. The second-order valence-corrected chi connectivity index (χ2v) is 5.28. The molecule has 0 saturated carbocycles. The molecule has 0 aliphatic carbocycles. The molecule has 2 aromatic rings. The molecule has 0 aromatic carbocycles. The summed E-state index contributed by atoms with van der Waals surface area (Å²) in [7, 11) is 0. The first-order valence-electron chi connectivity index (χ1n) is 3.79. The normalized spacial score (nSPS) is 10.4. The average Bonchev–Trinajstić information content (AvgIpc) is 2.75. The number of hydrogen-bond donors (Lipinski definition) is 0. The first kappa shape index (κ1) is 10.2. The van der Waals surface area contributed by atoms with Crippen molar-refractivity contribution in [3.63, 3.8) is 0 Å². The van der Waals surface area contributed by atoms with Gasteiger partial charge in [-0.3, -0.25) is 4.79 Å². The molecule has 14 heavy (non-hydrogen) atoms. The number of Topliss-reactive ketones (excluding diaryl/α,β-unsaturated/α-hetero) is 1. The van der Waals surface area contributed by atoms with E-state index in [9.17, 15) is 4.79 Å². The molecule has 0 bridgehead atoms. The van der Waals surface area contributed by atoms with Crippen LogP contribution in [0.25, 0.3) is 0 Å². The zero-order valence-electron chi connectivity index (χ0n) is 6.94. The van der Waals surface area contributed by atoms with Gasteiger partial charge in [-0.2, -0.15) is 0 Å². The van der Waals surface area contributed by atoms with Gasteiger partial charge in [0.05, 0.1) is 17.0 Å². The summed E-state index contributed by atoms with van der Waals surface area (Å²) in [4.78, 5) is 12.6. The Bertz CT molecular complexity index is 438. The molecule has 0 aliphatic heterocycles. The number of nitrogens with zero attached hydrogens (tertiary/aromatic N) is 2. The van der Waals surface area contributed by atoms with Gasteiger partial charge in [0.2, 0.25) is 0 Å². The van der Waals surface area contributed by atoms with Gasteiger partial charge in [-0.1, -0.05) is 4.49 Å². The Kier molecular flexibility index (Phi) is 3.24. The van der Waals surface area contributed by atoms with Gasteiger partial charge in [-0.15, -0.1) is 16.4 Å². The van der Waals surface area contributed by atoms with Crippen molar-refractivity contribution in [3.05, 3.63) is 31.0 Å². The van der Waals surface area contributed by atoms with Crippen molar-refractivity contribution in [2.45, 2.75) is 6.42 Å². The number of carbonyl (C=O) groups excluding carboxylic acids is 1. The molecule has 2 heterocycles. The van der Waals surface area contributed by atoms with Crippen LogP contribution in [-0.2, 0) is 6.42 Å². The molecule has 0 amide bonds. The molecular formula is C8H5IN2OS2. The summed E-state index contributed by atoms with van der Waals surface area (Å²) in [6.45, 7) is 0. The molecule has 2 aromatic heterocycles. The molecule has 6 heteroatoms. The van der Waals surface area contributed by atoms with E-state index in [2.05, 4.69) is 32.2 Å². The predicted octanol–water partition coefficient (Wildman–Crippen LogP) is 2.63. The third-order valence-electron chi connectivity index (χ3n) is 1.62. The molecular weight excluding hydrogens is 331 g/mol. The molecule has 0 saturated heterocycles. The lowest BCUT2D eigenvalue weighted by Gasteiger charge is -1.94. The summed E-state index contributed by atoms with van der Waals surface area (Å²) in [6.07, 6.45) is 0.354. The topological polar surface area (TPSA) is 42.9 Å². The maximum absolute atomic E-state index is 11.7. The van der Waals surface area contributed by atoms with Gasteiger partial charge in [-0.25, -0.2) is 0 Å². The molecule has 2 rings (SSSR count). The fourth-order valence-electron chi connectivity index (χ4n) is 0.998. The van der Waals surface area contributed by atoms with Gasteiger partial charge in [0.1, 0.15) is 0 Å². The monoisotopic (exact) mass is 336 g/mol. The van der Waals surface area contributed by atoms with E-state index in [0.29, 0.717) is 6.42 Å². The van der Waals surface area contributed by atoms with Crippen LogP contribution < -0.4 is 0 Å². The lowest BCUT2D eigenvalue weighted by molar-refractivity contribution is 0.0995. The Balaban J connectivity index is 2.14. The van der Waals surface area contributed by atoms with E-state index < -0.39 is 0 Å². The Morgan fingerprint density at radius 3 is 3.00 bits per heavy atom. The first-order valence-corrected chi connectivity index (χ1v) is 6.59. The zero-order valence-corrected chi connectivity index (χ0v) is 10.7. The van der Waals surface area contributed by atoms with E-state index in [1.54, 1.807) is 5.38 Å². The van der Waals surface area contributed by atoms with E-state index in [0.717, 1.165) is 14.1 Å². The molecule has 0 aliphatic rings. The summed E-state index contributed by atoms with van der Waals surface area (Å²) in [5.74, 6) is 0.122. The number of halogens is 1. The highest BCUT2D eigenvalue weighted by Gasteiger charge is 2.13. The van der Waals surface area contributed by atoms with E-state index in [4.69, 9.17) is 0 Å². The minimum Gasteiger partial charge on any atom is -0.293 e. The summed E-state index contributed by atoms with van der Waals surface area (Å²) < 4.78 is 4.73. The van der Waals surface area contributed by atoms with Gasteiger partial charge in [-0.05, 0) is 45.6 Å². The fraction of sp³-hybridized carbons (Fsp3) is 0.125. The van der Waals surface area contributed by atoms with Crippen LogP contribution in [0.1, 0.15) is 15.4 Å². The first-order chi connectivity index (χ1) is 6.77. The van der Waals surface area contributed by atoms with E-state index >= 15 is 0 Å². The van der Waals surface area contributed by atoms with Crippen LogP contribution >= 0.6 is 45.5 Å². The summed E-state index contributed by atoms with van der Waals surface area (Å²) in [5, 5.41) is 7.57. The number of rotatable bonds is 3. The number of aromatic nitrogens is 2. The van der Waals surface area contributed by atoms with Crippen LogP contribution in [0, 0.1) is 3.57 Å². The summed E-state index contributed by atoms with van der Waals surface area (Å²) in [6, 6.07) is 1.94. The SMILES string of the molecule is O=C(Cc1csnn1)c1sccc1I. The second-order valence-electron chi connectivity index (χ2n) is 2.59. The van der Waals surface area contributed by atoms with Gasteiger partial charge < -0.3 is 0 Å². The highest BCUT2D eigenvalue weighted by Crippen LogP contribution is 2.20. The molecule has 72 valence electrons. The van der Waals surface area contributed by atoms with Crippen LogP contribution in [0.5, 0.6) is 0 Å². The Hall–Kier alpha value is -0.340. The predicted molar refractivity (Wildman–Crippen MR) is 65.0 cm³/mol. The summed E-state index contributed by atoms with van der Waals surface area (Å²) >= 11 is 4.92. The second kappa shape index (κ2) is 4.45. The van der Waals surface area contributed by atoms with Crippen molar-refractivity contribution < 1.29 is 4.79 Å². The quantitative estimate of drug-likeness (QED) is 0.639. The van der Waals surface area contributed by atoms with Gasteiger partial charge in [0, 0.05) is 8.95 Å². The van der Waals surface area contributed by atoms with Crippen LogP contribution in [0.4, 0.5) is 0 Å². The van der Waals surface area contributed by atoms with Crippen molar-refractivity contribution in [1.82, 2.24) is 9.59 Å². The molecule has 3 nitrogen and oxygen atoms in total. The van der Waals surface area contributed by atoms with Crippen molar-refractivity contribution in [3.8, 4) is 0 Å². The van der Waals surface area contributed by atoms with Gasteiger partial charge in [0.15, 0.2) is 5.78 Å². The van der Waals surface area contributed by atoms with Crippen molar-refractivity contribution in [1.29, 1.82) is 0 Å². The number of ketones is 1. The number of hydrogen-bond acceptors (Lipinski definition) is 5. The standard InChI is InChI=1S/C8H5IN2OS2/c9-6-1-2-13-8(6)7(12)3-5-4-14-11-10-5/h1-2,4H,3H2. The molecule has 0 N–H and O–H groups in total. The maximum Gasteiger partial charge on any atom is 0.179 e. The molecule has 0 unspecified atom stereocenters. The largest absolute Gasteiger partial charge is 0.293 e. The third kappa shape index (κ3) is 2.18. The van der Waals surface area contributed by atoms with Gasteiger partial charge >= 0.3 is 0 Å². The minimum atomic E-state index is 0.122. The molecule has 0 spiro atoms. The molecule has 0 fully saturated rings. The maximum atomic E-state index is 11.7. The Labute approximate surface area is 102 Å². The van der Waals surface area contributed by atoms with Crippen molar-refractivity contribution >= 4 is 51.2 Å². The van der Waals surface area contributed by atoms with Crippen molar-refractivity contribution in [2.24, 2.45) is 0 Å². The number of thiophene rings is 1. The van der Waals surface area contributed by atoms with E-state index in [1.807, 2.05) is 11.4 Å². The Morgan fingerprint density at radius 2 is 2.43 bits per heavy atom. The van der Waals surface area contributed by atoms with Crippen LogP contribution in [0.15, 0.2) is 16.8 Å².